The van der Waals surface area contributed by atoms with Gasteiger partial charge in [-0.2, -0.15) is 8.42 Å². The molecule has 0 heterocycles. The van der Waals surface area contributed by atoms with Crippen LogP contribution in [0, 0.1) is 13.8 Å². The second-order valence-electron chi connectivity index (χ2n) is 6.93. The first kappa shape index (κ1) is 23.4. The van der Waals surface area contributed by atoms with Crippen LogP contribution in [-0.4, -0.2) is 31.1 Å². The van der Waals surface area contributed by atoms with Crippen LogP contribution in [0.5, 0.6) is 17.2 Å². The van der Waals surface area contributed by atoms with Crippen molar-refractivity contribution in [3.05, 3.63) is 71.8 Å². The summed E-state index contributed by atoms with van der Waals surface area (Å²) in [6, 6.07) is 14.7. The van der Waals surface area contributed by atoms with Gasteiger partial charge >= 0.3 is 10.1 Å². The third-order valence-electron chi connectivity index (χ3n) is 4.67. The van der Waals surface area contributed by atoms with Crippen LogP contribution in [0.2, 0.25) is 0 Å². The topological polar surface area (TPSA) is 108 Å². The smallest absolute Gasteiger partial charge is 0.339 e. The molecule has 32 heavy (non-hydrogen) atoms. The summed E-state index contributed by atoms with van der Waals surface area (Å²) < 4.78 is 68.6. The molecule has 0 spiro atoms. The largest absolute Gasteiger partial charge is 0.497 e. The molecule has 0 fully saturated rings. The van der Waals surface area contributed by atoms with Gasteiger partial charge in [0.2, 0.25) is 0 Å². The molecule has 0 bridgehead atoms. The molecule has 10 heteroatoms. The number of aryl methyl sites for hydroxylation is 2. The summed E-state index contributed by atoms with van der Waals surface area (Å²) >= 11 is 0. The van der Waals surface area contributed by atoms with E-state index in [-0.39, 0.29) is 15.5 Å². The first-order chi connectivity index (χ1) is 15.1. The number of benzene rings is 3. The van der Waals surface area contributed by atoms with E-state index >= 15 is 0 Å². The molecule has 0 radical (unpaired) electrons. The standard InChI is InChI=1S/C22H23NO7S2/c1-15-13-19(30-32(26,27)21-11-7-18(29-4)8-12-21)14-16(2)22(15)23-31(24,25)20-9-5-17(28-3)6-10-20/h5-14,23H,1-4H3. The van der Waals surface area contributed by atoms with Gasteiger partial charge in [-0.05, 0) is 85.6 Å². The second-order valence-corrected chi connectivity index (χ2v) is 10.2. The van der Waals surface area contributed by atoms with Crippen molar-refractivity contribution in [1.82, 2.24) is 0 Å². The van der Waals surface area contributed by atoms with Gasteiger partial charge in [-0.25, -0.2) is 8.42 Å². The van der Waals surface area contributed by atoms with Crippen LogP contribution in [0.1, 0.15) is 11.1 Å². The summed E-state index contributed by atoms with van der Waals surface area (Å²) in [4.78, 5) is 0.0393. The monoisotopic (exact) mass is 477 g/mol. The van der Waals surface area contributed by atoms with Gasteiger partial charge in [-0.15, -0.1) is 0 Å². The Labute approximate surface area is 187 Å². The minimum atomic E-state index is -4.08. The van der Waals surface area contributed by atoms with Crippen molar-refractivity contribution in [2.24, 2.45) is 0 Å². The Morgan fingerprint density at radius 2 is 1.09 bits per heavy atom. The average molecular weight is 478 g/mol. The molecule has 8 nitrogen and oxygen atoms in total. The number of hydrogen-bond donors (Lipinski definition) is 1. The number of sulfonamides is 1. The Morgan fingerprint density at radius 1 is 0.656 bits per heavy atom. The van der Waals surface area contributed by atoms with Crippen molar-refractivity contribution < 1.29 is 30.5 Å². The summed E-state index contributed by atoms with van der Waals surface area (Å²) in [6.45, 7) is 3.32. The maximum absolute atomic E-state index is 12.8. The van der Waals surface area contributed by atoms with Crippen molar-refractivity contribution in [1.29, 1.82) is 0 Å². The van der Waals surface area contributed by atoms with Crippen molar-refractivity contribution in [2.75, 3.05) is 18.9 Å². The molecule has 0 aromatic heterocycles. The molecule has 3 aromatic carbocycles. The Bertz CT molecular complexity index is 1290. The fourth-order valence-corrected chi connectivity index (χ4v) is 5.12. The Balaban J connectivity index is 1.85. The van der Waals surface area contributed by atoms with Crippen LogP contribution in [0.25, 0.3) is 0 Å². The van der Waals surface area contributed by atoms with Gasteiger partial charge in [-0.1, -0.05) is 0 Å². The lowest BCUT2D eigenvalue weighted by Gasteiger charge is -2.16. The molecule has 170 valence electrons. The second kappa shape index (κ2) is 9.09. The predicted molar refractivity (Wildman–Crippen MR) is 121 cm³/mol. The first-order valence-corrected chi connectivity index (χ1v) is 12.3. The Hall–Kier alpha value is -3.24. The molecule has 0 unspecified atom stereocenters. The van der Waals surface area contributed by atoms with Crippen LogP contribution in [0.15, 0.2) is 70.5 Å². The summed E-state index contributed by atoms with van der Waals surface area (Å²) in [5.41, 5.74) is 1.35. The molecule has 1 N–H and O–H groups in total. The fourth-order valence-electron chi connectivity index (χ4n) is 3.00. The normalized spacial score (nSPS) is 11.6. The summed E-state index contributed by atoms with van der Waals surface area (Å²) in [7, 11) is -4.96. The summed E-state index contributed by atoms with van der Waals surface area (Å²) in [5.74, 6) is 1.13. The lowest BCUT2D eigenvalue weighted by molar-refractivity contribution is 0.414. The number of nitrogens with one attached hydrogen (secondary N) is 1. The molecule has 0 aliphatic carbocycles. The van der Waals surface area contributed by atoms with Gasteiger partial charge < -0.3 is 13.7 Å². The zero-order chi connectivity index (χ0) is 23.5. The molecule has 0 saturated carbocycles. The minimum Gasteiger partial charge on any atom is -0.497 e. The zero-order valence-corrected chi connectivity index (χ0v) is 19.6. The van der Waals surface area contributed by atoms with Gasteiger partial charge in [-0.3, -0.25) is 4.72 Å². The van der Waals surface area contributed by atoms with Crippen molar-refractivity contribution in [3.8, 4) is 17.2 Å². The SMILES string of the molecule is COc1ccc(S(=O)(=O)Nc2c(C)cc(OS(=O)(=O)c3ccc(OC)cc3)cc2C)cc1. The maximum atomic E-state index is 12.8. The lowest BCUT2D eigenvalue weighted by Crippen LogP contribution is -2.15. The number of rotatable bonds is 8. The van der Waals surface area contributed by atoms with E-state index in [1.54, 1.807) is 26.0 Å². The molecule has 0 amide bonds. The quantitative estimate of drug-likeness (QED) is 0.490. The van der Waals surface area contributed by atoms with E-state index in [4.69, 9.17) is 13.7 Å². The predicted octanol–water partition coefficient (Wildman–Crippen LogP) is 3.89. The number of anilines is 1. The highest BCUT2D eigenvalue weighted by molar-refractivity contribution is 7.92. The van der Waals surface area contributed by atoms with Crippen LogP contribution in [0.4, 0.5) is 5.69 Å². The molecule has 3 rings (SSSR count). The van der Waals surface area contributed by atoms with Crippen molar-refractivity contribution in [3.63, 3.8) is 0 Å². The zero-order valence-electron chi connectivity index (χ0n) is 17.9. The molecular formula is C22H23NO7S2. The maximum Gasteiger partial charge on any atom is 0.339 e. The van der Waals surface area contributed by atoms with E-state index in [0.717, 1.165) is 0 Å². The van der Waals surface area contributed by atoms with E-state index in [9.17, 15) is 16.8 Å². The third-order valence-corrected chi connectivity index (χ3v) is 7.29. The van der Waals surface area contributed by atoms with Crippen LogP contribution in [0.3, 0.4) is 0 Å². The van der Waals surface area contributed by atoms with Gasteiger partial charge in [0.1, 0.15) is 22.1 Å². The van der Waals surface area contributed by atoms with Crippen molar-refractivity contribution >= 4 is 25.8 Å². The molecule has 0 saturated heterocycles. The van der Waals surface area contributed by atoms with Gasteiger partial charge in [0.05, 0.1) is 24.8 Å². The van der Waals surface area contributed by atoms with E-state index < -0.39 is 20.1 Å². The highest BCUT2D eigenvalue weighted by Gasteiger charge is 2.20. The lowest BCUT2D eigenvalue weighted by atomic mass is 10.1. The molecule has 0 aliphatic heterocycles. The highest BCUT2D eigenvalue weighted by atomic mass is 32.2. The van der Waals surface area contributed by atoms with Gasteiger partial charge in [0, 0.05) is 0 Å². The minimum absolute atomic E-state index is 0.0297. The number of ether oxygens (including phenoxy) is 2. The van der Waals surface area contributed by atoms with Gasteiger partial charge in [0.25, 0.3) is 10.0 Å². The average Bonchev–Trinajstić information content (AvgIpc) is 2.76. The van der Waals surface area contributed by atoms with Crippen LogP contribution < -0.4 is 18.4 Å². The van der Waals surface area contributed by atoms with Crippen LogP contribution >= 0.6 is 0 Å². The number of hydrogen-bond acceptors (Lipinski definition) is 7. The Kier molecular flexibility index (Phi) is 6.65. The molecule has 0 aliphatic rings. The fraction of sp³-hybridized carbons (Fsp3) is 0.182. The van der Waals surface area contributed by atoms with Crippen LogP contribution in [-0.2, 0) is 20.1 Å². The molecular weight excluding hydrogens is 454 g/mol. The highest BCUT2D eigenvalue weighted by Crippen LogP contribution is 2.30. The van der Waals surface area contributed by atoms with E-state index in [1.165, 1.54) is 62.8 Å². The van der Waals surface area contributed by atoms with Gasteiger partial charge in [0.15, 0.2) is 0 Å². The summed E-state index contributed by atoms with van der Waals surface area (Å²) in [5, 5.41) is 0. The third kappa shape index (κ3) is 5.14. The van der Waals surface area contributed by atoms with Crippen molar-refractivity contribution in [2.45, 2.75) is 23.6 Å². The molecule has 3 aromatic rings. The molecule has 0 atom stereocenters. The van der Waals surface area contributed by atoms with E-state index in [2.05, 4.69) is 4.72 Å². The van der Waals surface area contributed by atoms with E-state index in [0.29, 0.717) is 28.3 Å². The Morgan fingerprint density at radius 3 is 1.53 bits per heavy atom. The number of methoxy groups -OCH3 is 2. The first-order valence-electron chi connectivity index (χ1n) is 9.42. The summed E-state index contributed by atoms with van der Waals surface area (Å²) in [6.07, 6.45) is 0. The van der Waals surface area contributed by atoms with E-state index in [1.807, 2.05) is 0 Å².